The van der Waals surface area contributed by atoms with Crippen molar-refractivity contribution in [1.29, 1.82) is 10.5 Å². The first-order valence-electron chi connectivity index (χ1n) is 8.00. The van der Waals surface area contributed by atoms with Gasteiger partial charge in [-0.05, 0) is 44.2 Å². The first kappa shape index (κ1) is 17.4. The van der Waals surface area contributed by atoms with Crippen LogP contribution in [0.5, 0.6) is 5.75 Å². The lowest BCUT2D eigenvalue weighted by Gasteiger charge is -2.40. The van der Waals surface area contributed by atoms with Gasteiger partial charge in [0.05, 0.1) is 11.6 Å². The molecule has 0 spiro atoms. The van der Waals surface area contributed by atoms with Gasteiger partial charge in [0, 0.05) is 23.5 Å². The molecule has 0 radical (unpaired) electrons. The van der Waals surface area contributed by atoms with Crippen molar-refractivity contribution in [2.24, 2.45) is 4.99 Å². The summed E-state index contributed by atoms with van der Waals surface area (Å²) in [4.78, 5) is 8.63. The number of fused-ring (bicyclic) bond motifs is 1. The highest BCUT2D eigenvalue weighted by atomic mass is 16.5. The summed E-state index contributed by atoms with van der Waals surface area (Å²) in [5, 5.41) is 31.6. The Morgan fingerprint density at radius 1 is 1.35 bits per heavy atom. The van der Waals surface area contributed by atoms with Crippen LogP contribution in [0.4, 0.5) is 0 Å². The van der Waals surface area contributed by atoms with Gasteiger partial charge >= 0.3 is 0 Å². The molecule has 0 saturated heterocycles. The molecule has 7 heteroatoms. The van der Waals surface area contributed by atoms with E-state index in [0.717, 1.165) is 0 Å². The van der Waals surface area contributed by atoms with Crippen molar-refractivity contribution in [2.75, 3.05) is 0 Å². The number of amidine groups is 1. The van der Waals surface area contributed by atoms with Crippen molar-refractivity contribution in [2.45, 2.75) is 31.6 Å². The number of aromatic nitrogens is 1. The molecule has 2 atom stereocenters. The smallest absolute Gasteiger partial charge is 0.182 e. The largest absolute Gasteiger partial charge is 0.485 e. The number of aliphatic imine (C=N–C) groups is 1. The molecule has 7 nitrogen and oxygen atoms in total. The average Bonchev–Trinajstić information content (AvgIpc) is 2.65. The van der Waals surface area contributed by atoms with Crippen LogP contribution in [0.1, 0.15) is 36.6 Å². The van der Waals surface area contributed by atoms with Gasteiger partial charge in [-0.1, -0.05) is 0 Å². The van der Waals surface area contributed by atoms with Crippen LogP contribution < -0.4 is 10.1 Å². The third kappa shape index (κ3) is 3.21. The topological polar surface area (TPSA) is 114 Å². The number of benzene rings is 1. The summed E-state index contributed by atoms with van der Waals surface area (Å²) in [5.41, 5.74) is 0.762. The Kier molecular flexibility index (Phi) is 4.57. The molecule has 2 aromatic rings. The molecule has 2 N–H and O–H groups in total. The second kappa shape index (κ2) is 6.83. The lowest BCUT2D eigenvalue weighted by molar-refractivity contribution is -0.0566. The third-order valence-electron chi connectivity index (χ3n) is 4.22. The van der Waals surface area contributed by atoms with Crippen molar-refractivity contribution in [1.82, 2.24) is 10.3 Å². The molecule has 1 aliphatic rings. The molecule has 0 aliphatic carbocycles. The zero-order chi connectivity index (χ0) is 18.7. The van der Waals surface area contributed by atoms with Crippen LogP contribution in [0.3, 0.4) is 0 Å². The molecule has 1 aliphatic heterocycles. The highest BCUT2D eigenvalue weighted by Crippen LogP contribution is 2.42. The number of hydrogen-bond donors (Lipinski definition) is 2. The van der Waals surface area contributed by atoms with Crippen molar-refractivity contribution in [3.05, 3.63) is 59.4 Å². The highest BCUT2D eigenvalue weighted by molar-refractivity contribution is 5.99. The van der Waals surface area contributed by atoms with E-state index in [1.54, 1.807) is 56.6 Å². The minimum atomic E-state index is -0.976. The Morgan fingerprint density at radius 3 is 2.81 bits per heavy atom. The summed E-state index contributed by atoms with van der Waals surface area (Å²) in [7, 11) is 0. The number of aliphatic hydroxyl groups excluding tert-OH is 1. The van der Waals surface area contributed by atoms with Crippen LogP contribution in [0.2, 0.25) is 0 Å². The maximum atomic E-state index is 10.8. The van der Waals surface area contributed by atoms with Crippen molar-refractivity contribution in [3.8, 4) is 18.0 Å². The van der Waals surface area contributed by atoms with Gasteiger partial charge in [0.2, 0.25) is 0 Å². The molecule has 0 fully saturated rings. The SMILES string of the molecule is CC1(C)Oc2ccc(C#N)cc2[C@@H](N=C(NC#N)c2cccnc2)[C@H]1O. The predicted octanol–water partition coefficient (Wildman–Crippen LogP) is 2.04. The predicted molar refractivity (Wildman–Crippen MR) is 94.1 cm³/mol. The molecule has 3 rings (SSSR count). The average molecular weight is 347 g/mol. The Labute approximate surface area is 151 Å². The van der Waals surface area contributed by atoms with E-state index in [1.165, 1.54) is 0 Å². The van der Waals surface area contributed by atoms with Crippen molar-refractivity contribution < 1.29 is 9.84 Å². The lowest BCUT2D eigenvalue weighted by atomic mass is 9.86. The molecule has 0 amide bonds. The van der Waals surface area contributed by atoms with Crippen molar-refractivity contribution >= 4 is 5.84 Å². The lowest BCUT2D eigenvalue weighted by Crippen LogP contribution is -2.48. The van der Waals surface area contributed by atoms with E-state index in [4.69, 9.17) is 10.00 Å². The zero-order valence-corrected chi connectivity index (χ0v) is 14.3. The molecular weight excluding hydrogens is 330 g/mol. The highest BCUT2D eigenvalue weighted by Gasteiger charge is 2.43. The van der Waals surface area contributed by atoms with Crippen LogP contribution in [0, 0.1) is 22.8 Å². The summed E-state index contributed by atoms with van der Waals surface area (Å²) >= 11 is 0. The summed E-state index contributed by atoms with van der Waals surface area (Å²) in [6, 6.07) is 9.87. The van der Waals surface area contributed by atoms with Gasteiger partial charge in [-0.15, -0.1) is 0 Å². The monoisotopic (exact) mass is 347 g/mol. The van der Waals surface area contributed by atoms with Gasteiger partial charge in [0.1, 0.15) is 29.3 Å². The molecular formula is C19H17N5O2. The van der Waals surface area contributed by atoms with E-state index in [-0.39, 0.29) is 5.84 Å². The first-order valence-corrected chi connectivity index (χ1v) is 8.00. The van der Waals surface area contributed by atoms with Gasteiger partial charge in [0.25, 0.3) is 0 Å². The van der Waals surface area contributed by atoms with E-state index in [9.17, 15) is 10.4 Å². The summed E-state index contributed by atoms with van der Waals surface area (Å²) < 4.78 is 5.88. The van der Waals surface area contributed by atoms with Gasteiger partial charge < -0.3 is 9.84 Å². The summed E-state index contributed by atoms with van der Waals surface area (Å²) in [6.07, 6.45) is 4.08. The molecule has 1 aromatic heterocycles. The summed E-state index contributed by atoms with van der Waals surface area (Å²) in [6.45, 7) is 3.53. The van der Waals surface area contributed by atoms with Gasteiger partial charge in [-0.3, -0.25) is 15.3 Å². The number of nitrogens with one attached hydrogen (secondary N) is 1. The Morgan fingerprint density at radius 2 is 2.15 bits per heavy atom. The van der Waals surface area contributed by atoms with Crippen LogP contribution in [-0.4, -0.2) is 27.6 Å². The van der Waals surface area contributed by atoms with E-state index in [1.807, 2.05) is 6.19 Å². The van der Waals surface area contributed by atoms with Crippen molar-refractivity contribution in [3.63, 3.8) is 0 Å². The van der Waals surface area contributed by atoms with Crippen LogP contribution in [-0.2, 0) is 0 Å². The maximum absolute atomic E-state index is 10.8. The fraction of sp³-hybridized carbons (Fsp3) is 0.263. The maximum Gasteiger partial charge on any atom is 0.182 e. The first-order chi connectivity index (χ1) is 12.5. The minimum absolute atomic E-state index is 0.288. The number of rotatable bonds is 2. The second-order valence-corrected chi connectivity index (χ2v) is 6.42. The Bertz CT molecular complexity index is 925. The van der Waals surface area contributed by atoms with E-state index < -0.39 is 17.7 Å². The van der Waals surface area contributed by atoms with Gasteiger partial charge in [-0.2, -0.15) is 10.5 Å². The number of pyridine rings is 1. The molecule has 0 saturated carbocycles. The van der Waals surface area contributed by atoms with Gasteiger partial charge in [0.15, 0.2) is 6.19 Å². The van der Waals surface area contributed by atoms with E-state index >= 15 is 0 Å². The third-order valence-corrected chi connectivity index (χ3v) is 4.22. The second-order valence-electron chi connectivity index (χ2n) is 6.42. The normalized spacial score (nSPS) is 20.9. The number of ether oxygens (including phenoxy) is 1. The Hall–Kier alpha value is -3.42. The fourth-order valence-corrected chi connectivity index (χ4v) is 2.85. The fourth-order valence-electron chi connectivity index (χ4n) is 2.85. The minimum Gasteiger partial charge on any atom is -0.485 e. The quantitative estimate of drug-likeness (QED) is 0.372. The van der Waals surface area contributed by atoms with Gasteiger partial charge in [-0.25, -0.2) is 0 Å². The number of aliphatic hydroxyl groups is 1. The van der Waals surface area contributed by atoms with Crippen LogP contribution in [0.25, 0.3) is 0 Å². The number of nitrogens with zero attached hydrogens (tertiary/aromatic N) is 4. The summed E-state index contributed by atoms with van der Waals surface area (Å²) in [5.74, 6) is 0.839. The standard InChI is InChI=1S/C19H17N5O2/c1-19(2)17(25)16(14-8-12(9-20)5-6-15(14)26-19)24-18(23-11-21)13-4-3-7-22-10-13/h3-8,10,16-17,25H,1-2H3,(H,23,24)/t16-,17-/m1/s1. The van der Waals surface area contributed by atoms with Crippen LogP contribution >= 0.6 is 0 Å². The number of hydrogen-bond acceptors (Lipinski definition) is 6. The molecule has 0 bridgehead atoms. The Balaban J connectivity index is 2.15. The number of nitriles is 2. The molecule has 1 aromatic carbocycles. The molecule has 26 heavy (non-hydrogen) atoms. The van der Waals surface area contributed by atoms with Crippen LogP contribution in [0.15, 0.2) is 47.7 Å². The molecule has 130 valence electrons. The zero-order valence-electron chi connectivity index (χ0n) is 14.3. The van der Waals surface area contributed by atoms with E-state index in [2.05, 4.69) is 21.4 Å². The van der Waals surface area contributed by atoms with E-state index in [0.29, 0.717) is 22.4 Å². The molecule has 2 heterocycles. The molecule has 0 unspecified atom stereocenters.